The molecule has 1 aromatic carbocycles. The molecule has 0 atom stereocenters. The van der Waals surface area contributed by atoms with Crippen molar-refractivity contribution < 1.29 is 14.6 Å². The van der Waals surface area contributed by atoms with Gasteiger partial charge in [0, 0.05) is 18.7 Å². The smallest absolute Gasteiger partial charge is 0.307 e. The van der Waals surface area contributed by atoms with E-state index < -0.39 is 5.97 Å². The average molecular weight is 263 g/mol. The van der Waals surface area contributed by atoms with Crippen LogP contribution < -0.4 is 4.74 Å². The molecule has 0 bridgehead atoms. The number of likely N-dealkylation sites (tertiary alicyclic amines) is 1. The van der Waals surface area contributed by atoms with Gasteiger partial charge in [-0.25, -0.2) is 0 Å². The number of carbonyl (C=O) groups is 1. The maximum absolute atomic E-state index is 10.8. The number of hydrogen-bond donors (Lipinski definition) is 1. The highest BCUT2D eigenvalue weighted by molar-refractivity contribution is 5.71. The topological polar surface area (TPSA) is 49.8 Å². The molecule has 1 heterocycles. The Morgan fingerprint density at radius 3 is 2.68 bits per heavy atom. The normalized spacial score (nSPS) is 17.3. The van der Waals surface area contributed by atoms with Gasteiger partial charge in [-0.3, -0.25) is 4.79 Å². The van der Waals surface area contributed by atoms with Crippen molar-refractivity contribution in [1.82, 2.24) is 4.90 Å². The molecule has 1 saturated heterocycles. The maximum atomic E-state index is 10.8. The Kier molecular flexibility index (Phi) is 4.80. The highest BCUT2D eigenvalue weighted by Crippen LogP contribution is 2.23. The van der Waals surface area contributed by atoms with Crippen molar-refractivity contribution >= 4 is 5.97 Å². The van der Waals surface area contributed by atoms with Crippen molar-refractivity contribution in [2.45, 2.75) is 32.3 Å². The molecule has 0 aliphatic carbocycles. The number of carboxylic acids is 1. The van der Waals surface area contributed by atoms with Gasteiger partial charge in [0.15, 0.2) is 0 Å². The van der Waals surface area contributed by atoms with Crippen LogP contribution >= 0.6 is 0 Å². The second-order valence-electron chi connectivity index (χ2n) is 4.93. The second kappa shape index (κ2) is 6.57. The molecule has 19 heavy (non-hydrogen) atoms. The Morgan fingerprint density at radius 2 is 2.05 bits per heavy atom. The summed E-state index contributed by atoms with van der Waals surface area (Å²) in [5.74, 6) is -0.100. The predicted molar refractivity (Wildman–Crippen MR) is 73.5 cm³/mol. The number of aliphatic carboxylic acids is 1. The standard InChI is InChI=1S/C15H21NO3/c1-2-16-9-7-13(8-10-16)19-14-6-4-3-5-12(14)11-15(17)18/h3-6,13H,2,7-11H2,1H3,(H,17,18). The molecular weight excluding hydrogens is 242 g/mol. The first-order valence-corrected chi connectivity index (χ1v) is 6.87. The van der Waals surface area contributed by atoms with Crippen LogP contribution in [0.25, 0.3) is 0 Å². The summed E-state index contributed by atoms with van der Waals surface area (Å²) in [6.07, 6.45) is 2.24. The molecule has 0 unspecified atom stereocenters. The van der Waals surface area contributed by atoms with Crippen molar-refractivity contribution in [1.29, 1.82) is 0 Å². The highest BCUT2D eigenvalue weighted by atomic mass is 16.5. The largest absolute Gasteiger partial charge is 0.490 e. The van der Waals surface area contributed by atoms with Gasteiger partial charge in [-0.2, -0.15) is 0 Å². The molecule has 2 rings (SSSR count). The number of rotatable bonds is 5. The summed E-state index contributed by atoms with van der Waals surface area (Å²) >= 11 is 0. The van der Waals surface area contributed by atoms with Gasteiger partial charge in [-0.15, -0.1) is 0 Å². The number of benzene rings is 1. The van der Waals surface area contributed by atoms with Crippen LogP contribution in [0.5, 0.6) is 5.75 Å². The second-order valence-corrected chi connectivity index (χ2v) is 4.93. The van der Waals surface area contributed by atoms with Crippen molar-refractivity contribution in [3.05, 3.63) is 29.8 Å². The fourth-order valence-corrected chi connectivity index (χ4v) is 2.45. The molecule has 4 nitrogen and oxygen atoms in total. The van der Waals surface area contributed by atoms with Gasteiger partial charge >= 0.3 is 5.97 Å². The van der Waals surface area contributed by atoms with Crippen LogP contribution in [0.3, 0.4) is 0 Å². The summed E-state index contributed by atoms with van der Waals surface area (Å²) < 4.78 is 5.99. The third-order valence-corrected chi connectivity index (χ3v) is 3.59. The lowest BCUT2D eigenvalue weighted by atomic mass is 10.1. The van der Waals surface area contributed by atoms with Crippen LogP contribution in [0.4, 0.5) is 0 Å². The SMILES string of the molecule is CCN1CCC(Oc2ccccc2CC(=O)O)CC1. The number of hydrogen-bond acceptors (Lipinski definition) is 3. The molecule has 0 radical (unpaired) electrons. The van der Waals surface area contributed by atoms with Gasteiger partial charge in [0.2, 0.25) is 0 Å². The van der Waals surface area contributed by atoms with Gasteiger partial charge in [0.25, 0.3) is 0 Å². The molecule has 104 valence electrons. The zero-order chi connectivity index (χ0) is 13.7. The van der Waals surface area contributed by atoms with Crippen molar-refractivity contribution in [3.8, 4) is 5.75 Å². The maximum Gasteiger partial charge on any atom is 0.307 e. The zero-order valence-electron chi connectivity index (χ0n) is 11.3. The van der Waals surface area contributed by atoms with Crippen LogP contribution in [0.15, 0.2) is 24.3 Å². The molecule has 1 fully saturated rings. The molecule has 0 aromatic heterocycles. The third-order valence-electron chi connectivity index (χ3n) is 3.59. The predicted octanol–water partition coefficient (Wildman–Crippen LogP) is 2.18. The minimum Gasteiger partial charge on any atom is -0.490 e. The van der Waals surface area contributed by atoms with Crippen molar-refractivity contribution in [2.24, 2.45) is 0 Å². The van der Waals surface area contributed by atoms with E-state index in [9.17, 15) is 4.79 Å². The van der Waals surface area contributed by atoms with E-state index in [2.05, 4.69) is 11.8 Å². The van der Waals surface area contributed by atoms with Crippen LogP contribution in [0.2, 0.25) is 0 Å². The lowest BCUT2D eigenvalue weighted by molar-refractivity contribution is -0.136. The van der Waals surface area contributed by atoms with E-state index in [1.807, 2.05) is 24.3 Å². The number of piperidine rings is 1. The van der Waals surface area contributed by atoms with E-state index in [1.54, 1.807) is 0 Å². The van der Waals surface area contributed by atoms with Crippen molar-refractivity contribution in [3.63, 3.8) is 0 Å². The monoisotopic (exact) mass is 263 g/mol. The summed E-state index contributed by atoms with van der Waals surface area (Å²) in [4.78, 5) is 13.2. The number of ether oxygens (including phenoxy) is 1. The van der Waals surface area contributed by atoms with E-state index in [0.717, 1.165) is 43.8 Å². The van der Waals surface area contributed by atoms with Gasteiger partial charge in [0.05, 0.1) is 6.42 Å². The minimum absolute atomic E-state index is 0.0178. The van der Waals surface area contributed by atoms with Crippen LogP contribution in [-0.2, 0) is 11.2 Å². The van der Waals surface area contributed by atoms with E-state index in [4.69, 9.17) is 9.84 Å². The van der Waals surface area contributed by atoms with E-state index >= 15 is 0 Å². The third kappa shape index (κ3) is 3.96. The summed E-state index contributed by atoms with van der Waals surface area (Å²) in [6, 6.07) is 7.43. The van der Waals surface area contributed by atoms with Crippen LogP contribution in [0, 0.1) is 0 Å². The Bertz CT molecular complexity index is 425. The van der Waals surface area contributed by atoms with Crippen LogP contribution in [0.1, 0.15) is 25.3 Å². The van der Waals surface area contributed by atoms with Gasteiger partial charge in [-0.05, 0) is 25.5 Å². The Balaban J connectivity index is 1.97. The fourth-order valence-electron chi connectivity index (χ4n) is 2.45. The minimum atomic E-state index is -0.822. The van der Waals surface area contributed by atoms with E-state index in [0.29, 0.717) is 0 Å². The van der Waals surface area contributed by atoms with Gasteiger partial charge in [-0.1, -0.05) is 25.1 Å². The summed E-state index contributed by atoms with van der Waals surface area (Å²) in [5, 5.41) is 8.90. The summed E-state index contributed by atoms with van der Waals surface area (Å²) in [7, 11) is 0. The molecule has 1 aliphatic rings. The van der Waals surface area contributed by atoms with E-state index in [-0.39, 0.29) is 12.5 Å². The molecule has 0 spiro atoms. The molecule has 1 aromatic rings. The average Bonchev–Trinajstić information content (AvgIpc) is 2.41. The fraction of sp³-hybridized carbons (Fsp3) is 0.533. The molecule has 1 N–H and O–H groups in total. The molecule has 1 aliphatic heterocycles. The Hall–Kier alpha value is -1.55. The first-order chi connectivity index (χ1) is 9.19. The van der Waals surface area contributed by atoms with Crippen LogP contribution in [-0.4, -0.2) is 41.7 Å². The molecule has 0 saturated carbocycles. The first kappa shape index (κ1) is 13.9. The molecule has 0 amide bonds. The van der Waals surface area contributed by atoms with Gasteiger partial charge in [0.1, 0.15) is 11.9 Å². The quantitative estimate of drug-likeness (QED) is 0.884. The Labute approximate surface area is 114 Å². The van der Waals surface area contributed by atoms with E-state index in [1.165, 1.54) is 0 Å². The van der Waals surface area contributed by atoms with Crippen molar-refractivity contribution in [2.75, 3.05) is 19.6 Å². The molecular formula is C15H21NO3. The lowest BCUT2D eigenvalue weighted by Crippen LogP contribution is -2.38. The highest BCUT2D eigenvalue weighted by Gasteiger charge is 2.20. The first-order valence-electron chi connectivity index (χ1n) is 6.87. The number of para-hydroxylation sites is 1. The molecule has 4 heteroatoms. The number of carboxylic acid groups (broad SMARTS) is 1. The van der Waals surface area contributed by atoms with Gasteiger partial charge < -0.3 is 14.7 Å². The zero-order valence-corrected chi connectivity index (χ0v) is 11.3. The number of nitrogens with zero attached hydrogens (tertiary/aromatic N) is 1. The lowest BCUT2D eigenvalue weighted by Gasteiger charge is -2.31. The summed E-state index contributed by atoms with van der Waals surface area (Å²) in [5.41, 5.74) is 0.757. The summed E-state index contributed by atoms with van der Waals surface area (Å²) in [6.45, 7) is 5.37. The Morgan fingerprint density at radius 1 is 1.37 bits per heavy atom.